The first-order chi connectivity index (χ1) is 8.29. The maximum absolute atomic E-state index is 6.46. The summed E-state index contributed by atoms with van der Waals surface area (Å²) in [6, 6.07) is 0.423. The highest BCUT2D eigenvalue weighted by Gasteiger charge is 2.42. The Morgan fingerprint density at radius 2 is 1.76 bits per heavy atom. The van der Waals surface area contributed by atoms with E-state index in [1.54, 1.807) is 0 Å². The van der Waals surface area contributed by atoms with Gasteiger partial charge >= 0.3 is 0 Å². The summed E-state index contributed by atoms with van der Waals surface area (Å²) in [4.78, 5) is 0. The van der Waals surface area contributed by atoms with Gasteiger partial charge in [-0.2, -0.15) is 0 Å². The van der Waals surface area contributed by atoms with E-state index >= 15 is 0 Å². The van der Waals surface area contributed by atoms with E-state index in [9.17, 15) is 0 Å². The Bertz CT molecular complexity index is 253. The molecule has 0 radical (unpaired) electrons. The lowest BCUT2D eigenvalue weighted by Gasteiger charge is -2.47. The van der Waals surface area contributed by atoms with Crippen molar-refractivity contribution in [2.45, 2.75) is 56.6 Å². The second-order valence-electron chi connectivity index (χ2n) is 6.17. The second-order valence-corrected chi connectivity index (χ2v) is 6.17. The molecule has 1 saturated carbocycles. The van der Waals surface area contributed by atoms with Crippen LogP contribution in [0.2, 0.25) is 0 Å². The van der Waals surface area contributed by atoms with Gasteiger partial charge in [0.25, 0.3) is 0 Å². The first-order valence-corrected chi connectivity index (χ1v) is 7.26. The molecule has 0 amide bonds. The van der Waals surface area contributed by atoms with Crippen molar-refractivity contribution in [2.75, 3.05) is 19.8 Å². The number of ether oxygens (including phenoxy) is 2. The normalized spacial score (nSPS) is 35.5. The van der Waals surface area contributed by atoms with E-state index in [-0.39, 0.29) is 5.60 Å². The van der Waals surface area contributed by atoms with Crippen molar-refractivity contribution in [2.24, 2.45) is 17.6 Å². The van der Waals surface area contributed by atoms with Crippen LogP contribution in [0.5, 0.6) is 0 Å². The van der Waals surface area contributed by atoms with E-state index in [1.165, 1.54) is 32.1 Å². The predicted molar refractivity (Wildman–Crippen MR) is 66.8 cm³/mol. The Balaban J connectivity index is 1.61. The zero-order valence-electron chi connectivity index (χ0n) is 10.7. The molecule has 3 nitrogen and oxygen atoms in total. The molecule has 1 spiro atoms. The lowest BCUT2D eigenvalue weighted by Crippen LogP contribution is -2.50. The Morgan fingerprint density at radius 3 is 2.41 bits per heavy atom. The minimum atomic E-state index is 0.114. The molecule has 3 heteroatoms. The van der Waals surface area contributed by atoms with Crippen molar-refractivity contribution in [1.82, 2.24) is 0 Å². The fourth-order valence-corrected chi connectivity index (χ4v) is 3.70. The third kappa shape index (κ3) is 2.38. The first-order valence-electron chi connectivity index (χ1n) is 7.26. The van der Waals surface area contributed by atoms with E-state index in [0.717, 1.165) is 38.6 Å². The van der Waals surface area contributed by atoms with E-state index < -0.39 is 0 Å². The van der Waals surface area contributed by atoms with Gasteiger partial charge in [0, 0.05) is 25.9 Å². The van der Waals surface area contributed by atoms with Crippen molar-refractivity contribution in [3.63, 3.8) is 0 Å². The van der Waals surface area contributed by atoms with Gasteiger partial charge < -0.3 is 15.2 Å². The zero-order chi connectivity index (χ0) is 11.7. The summed E-state index contributed by atoms with van der Waals surface area (Å²) < 4.78 is 11.5. The molecule has 3 rings (SSSR count). The Hall–Kier alpha value is -0.120. The molecule has 2 aliphatic heterocycles. The molecule has 2 saturated heterocycles. The molecule has 2 N–H and O–H groups in total. The van der Waals surface area contributed by atoms with Crippen LogP contribution in [0.15, 0.2) is 0 Å². The highest BCUT2D eigenvalue weighted by Crippen LogP contribution is 2.41. The molecular weight excluding hydrogens is 214 g/mol. The van der Waals surface area contributed by atoms with Crippen LogP contribution in [-0.2, 0) is 9.47 Å². The van der Waals surface area contributed by atoms with E-state index in [4.69, 9.17) is 15.2 Å². The summed E-state index contributed by atoms with van der Waals surface area (Å²) >= 11 is 0. The number of nitrogens with two attached hydrogens (primary N) is 1. The molecule has 1 aliphatic carbocycles. The van der Waals surface area contributed by atoms with Crippen molar-refractivity contribution in [3.8, 4) is 0 Å². The summed E-state index contributed by atoms with van der Waals surface area (Å²) in [7, 11) is 0. The lowest BCUT2D eigenvalue weighted by molar-refractivity contribution is -0.151. The summed E-state index contributed by atoms with van der Waals surface area (Å²) in [6.45, 7) is 2.64. The van der Waals surface area contributed by atoms with Crippen LogP contribution in [0, 0.1) is 11.8 Å². The molecule has 0 aromatic rings. The monoisotopic (exact) mass is 239 g/mol. The Kier molecular flexibility index (Phi) is 3.42. The quantitative estimate of drug-likeness (QED) is 0.802. The average Bonchev–Trinajstić information content (AvgIpc) is 2.28. The topological polar surface area (TPSA) is 44.5 Å². The average molecular weight is 239 g/mol. The van der Waals surface area contributed by atoms with Crippen LogP contribution in [0.4, 0.5) is 0 Å². The number of rotatable bonds is 2. The zero-order valence-corrected chi connectivity index (χ0v) is 10.7. The van der Waals surface area contributed by atoms with E-state index in [2.05, 4.69) is 0 Å². The SMILES string of the molecule is NC(C1CCC1)C1CCOC2(CCOCC2)C1. The maximum atomic E-state index is 6.46. The molecule has 0 aromatic heterocycles. The highest BCUT2D eigenvalue weighted by molar-refractivity contribution is 4.94. The summed E-state index contributed by atoms with van der Waals surface area (Å²) in [6.07, 6.45) is 8.58. The van der Waals surface area contributed by atoms with Gasteiger partial charge in [-0.15, -0.1) is 0 Å². The Labute approximate surface area is 104 Å². The van der Waals surface area contributed by atoms with Crippen LogP contribution in [0.25, 0.3) is 0 Å². The second kappa shape index (κ2) is 4.87. The van der Waals surface area contributed by atoms with Gasteiger partial charge in [0.15, 0.2) is 0 Å². The molecule has 2 heterocycles. The smallest absolute Gasteiger partial charge is 0.0729 e. The van der Waals surface area contributed by atoms with E-state index in [1.807, 2.05) is 0 Å². The molecule has 98 valence electrons. The minimum absolute atomic E-state index is 0.114. The first kappa shape index (κ1) is 11.9. The maximum Gasteiger partial charge on any atom is 0.0729 e. The molecular formula is C14H25NO2. The summed E-state index contributed by atoms with van der Waals surface area (Å²) in [5, 5.41) is 0. The van der Waals surface area contributed by atoms with Gasteiger partial charge in [0.05, 0.1) is 5.60 Å². The van der Waals surface area contributed by atoms with Crippen molar-refractivity contribution in [3.05, 3.63) is 0 Å². The van der Waals surface area contributed by atoms with Crippen LogP contribution in [0.1, 0.15) is 44.9 Å². The van der Waals surface area contributed by atoms with Gasteiger partial charge in [-0.05, 0) is 50.4 Å². The third-order valence-electron chi connectivity index (χ3n) is 5.17. The van der Waals surface area contributed by atoms with Crippen LogP contribution < -0.4 is 5.73 Å². The van der Waals surface area contributed by atoms with E-state index in [0.29, 0.717) is 12.0 Å². The number of hydrogen-bond donors (Lipinski definition) is 1. The van der Waals surface area contributed by atoms with Crippen LogP contribution >= 0.6 is 0 Å². The van der Waals surface area contributed by atoms with Gasteiger partial charge in [0.2, 0.25) is 0 Å². The molecule has 2 unspecified atom stereocenters. The Morgan fingerprint density at radius 1 is 1.00 bits per heavy atom. The van der Waals surface area contributed by atoms with Gasteiger partial charge in [-0.1, -0.05) is 6.42 Å². The van der Waals surface area contributed by atoms with Crippen LogP contribution in [-0.4, -0.2) is 31.5 Å². The predicted octanol–water partition coefficient (Wildman–Crippen LogP) is 2.09. The minimum Gasteiger partial charge on any atom is -0.381 e. The third-order valence-corrected chi connectivity index (χ3v) is 5.17. The molecule has 17 heavy (non-hydrogen) atoms. The fraction of sp³-hybridized carbons (Fsp3) is 1.00. The van der Waals surface area contributed by atoms with Gasteiger partial charge in [-0.25, -0.2) is 0 Å². The standard InChI is InChI=1S/C14H25NO2/c15-13(11-2-1-3-11)12-4-7-17-14(10-12)5-8-16-9-6-14/h11-13H,1-10,15H2. The van der Waals surface area contributed by atoms with Crippen LogP contribution in [0.3, 0.4) is 0 Å². The highest BCUT2D eigenvalue weighted by atomic mass is 16.5. The molecule has 2 atom stereocenters. The van der Waals surface area contributed by atoms with Crippen molar-refractivity contribution in [1.29, 1.82) is 0 Å². The fourth-order valence-electron chi connectivity index (χ4n) is 3.70. The summed E-state index contributed by atoms with van der Waals surface area (Å²) in [5.41, 5.74) is 6.57. The molecule has 3 aliphatic rings. The van der Waals surface area contributed by atoms with Gasteiger partial charge in [0.1, 0.15) is 0 Å². The molecule has 0 aromatic carbocycles. The van der Waals surface area contributed by atoms with Crippen molar-refractivity contribution < 1.29 is 9.47 Å². The molecule has 3 fully saturated rings. The van der Waals surface area contributed by atoms with Gasteiger partial charge in [-0.3, -0.25) is 0 Å². The molecule has 0 bridgehead atoms. The number of hydrogen-bond acceptors (Lipinski definition) is 3. The van der Waals surface area contributed by atoms with Crippen molar-refractivity contribution >= 4 is 0 Å². The largest absolute Gasteiger partial charge is 0.381 e. The summed E-state index contributed by atoms with van der Waals surface area (Å²) in [5.74, 6) is 1.49. The lowest BCUT2D eigenvalue weighted by atomic mass is 9.70.